The Kier molecular flexibility index (Phi) is 11.5. The Hall–Kier alpha value is -6.70. The first-order valence-corrected chi connectivity index (χ1v) is 18.6. The zero-order valence-electron chi connectivity index (χ0n) is 30.5. The Bertz CT molecular complexity index is 2450. The van der Waals surface area contributed by atoms with Gasteiger partial charge in [0.05, 0.1) is 24.2 Å². The van der Waals surface area contributed by atoms with Crippen molar-refractivity contribution in [3.63, 3.8) is 0 Å². The normalized spacial score (nSPS) is 12.1. The van der Waals surface area contributed by atoms with E-state index in [1.807, 2.05) is 48.5 Å². The van der Waals surface area contributed by atoms with Crippen molar-refractivity contribution < 1.29 is 23.6 Å². The number of aromatic nitrogens is 4. The zero-order valence-corrected chi connectivity index (χ0v) is 32.1. The number of pyridine rings is 2. The van der Waals surface area contributed by atoms with E-state index in [-0.39, 0.29) is 46.7 Å². The van der Waals surface area contributed by atoms with E-state index in [0.29, 0.717) is 33.9 Å². The smallest absolute Gasteiger partial charge is 0.248 e. The van der Waals surface area contributed by atoms with E-state index in [9.17, 15) is 19.2 Å². The van der Waals surface area contributed by atoms with E-state index < -0.39 is 23.9 Å². The van der Waals surface area contributed by atoms with Gasteiger partial charge in [-0.05, 0) is 85.3 Å². The van der Waals surface area contributed by atoms with Gasteiger partial charge in [0.25, 0.3) is 0 Å². The Morgan fingerprint density at radius 3 is 1.37 bits per heavy atom. The van der Waals surface area contributed by atoms with Gasteiger partial charge in [-0.3, -0.25) is 19.2 Å². The molecule has 0 fully saturated rings. The zero-order chi connectivity index (χ0) is 40.1. The van der Waals surface area contributed by atoms with Crippen molar-refractivity contribution in [2.45, 2.75) is 38.8 Å². The second kappa shape index (κ2) is 17.0. The highest BCUT2D eigenvalue weighted by molar-refractivity contribution is 6.30. The molecule has 0 bridgehead atoms. The van der Waals surface area contributed by atoms with Gasteiger partial charge in [0.2, 0.25) is 35.4 Å². The number of nitrogens with one attached hydrogen (secondary N) is 4. The number of halogens is 2. The number of benzene rings is 4. The van der Waals surface area contributed by atoms with Gasteiger partial charge in [0.1, 0.15) is 22.4 Å². The third kappa shape index (κ3) is 9.40. The number of hydrogen-bond donors (Lipinski definition) is 4. The van der Waals surface area contributed by atoms with Gasteiger partial charge in [0.15, 0.2) is 0 Å². The molecule has 0 radical (unpaired) electrons. The summed E-state index contributed by atoms with van der Waals surface area (Å²) in [6, 6.07) is 30.5. The van der Waals surface area contributed by atoms with Gasteiger partial charge in [-0.1, -0.05) is 71.7 Å². The van der Waals surface area contributed by atoms with Crippen molar-refractivity contribution in [3.8, 4) is 22.9 Å². The largest absolute Gasteiger partial charge is 0.416 e. The molecule has 2 atom stereocenters. The molecule has 0 aliphatic heterocycles. The highest BCUT2D eigenvalue weighted by Gasteiger charge is 2.20. The number of carbonyl (C=O) groups is 4. The molecular formula is C42H34Cl2N8O5. The van der Waals surface area contributed by atoms with E-state index in [1.165, 1.54) is 0 Å². The molecule has 0 saturated carbocycles. The highest BCUT2D eigenvalue weighted by Crippen LogP contribution is 2.27. The lowest BCUT2D eigenvalue weighted by atomic mass is 10.1. The van der Waals surface area contributed by atoms with Crippen molar-refractivity contribution in [3.05, 3.63) is 131 Å². The number of rotatable bonds is 12. The molecule has 7 aromatic rings. The Morgan fingerprint density at radius 1 is 0.579 bits per heavy atom. The van der Waals surface area contributed by atoms with E-state index >= 15 is 0 Å². The summed E-state index contributed by atoms with van der Waals surface area (Å²) in [7, 11) is 0. The highest BCUT2D eigenvalue weighted by atomic mass is 35.5. The van der Waals surface area contributed by atoms with Crippen LogP contribution in [-0.4, -0.2) is 55.9 Å². The van der Waals surface area contributed by atoms with Crippen LogP contribution >= 0.6 is 23.2 Å². The standard InChI is InChI=1S/C42H34Cl2N8O5/c1-23(45-37(53)21-33-31-9-5-3-7-27(31)19-35(43)49-33)39(55)47-29-15-11-25(12-16-29)41-51-52-42(57-41)26-13-17-30(18-14-26)48-40(56)24(2)46-38(54)22-34-32-10-6-4-8-28(32)20-36(44)50-34/h3-20,23-24H,21-22H2,1-2H3,(H,45,53)(H,46,54)(H,47,55)(H,48,56)/t23-,24-/m0/s1. The van der Waals surface area contributed by atoms with Crippen molar-refractivity contribution in [2.24, 2.45) is 0 Å². The van der Waals surface area contributed by atoms with E-state index in [0.717, 1.165) is 21.5 Å². The molecule has 0 aliphatic rings. The first-order valence-electron chi connectivity index (χ1n) is 17.8. The topological polar surface area (TPSA) is 181 Å². The Balaban J connectivity index is 0.893. The minimum Gasteiger partial charge on any atom is -0.416 e. The number of fused-ring (bicyclic) bond motifs is 2. The molecule has 4 amide bonds. The molecule has 4 aromatic carbocycles. The minimum atomic E-state index is -0.824. The third-order valence-electron chi connectivity index (χ3n) is 9.00. The van der Waals surface area contributed by atoms with Crippen LogP contribution in [0, 0.1) is 0 Å². The molecular weight excluding hydrogens is 767 g/mol. The predicted octanol–water partition coefficient (Wildman–Crippen LogP) is 7.18. The first-order chi connectivity index (χ1) is 27.5. The molecule has 57 heavy (non-hydrogen) atoms. The lowest BCUT2D eigenvalue weighted by molar-refractivity contribution is -0.125. The average molecular weight is 802 g/mol. The molecule has 0 spiro atoms. The lowest BCUT2D eigenvalue weighted by Gasteiger charge is -2.15. The van der Waals surface area contributed by atoms with Crippen LogP contribution in [0.1, 0.15) is 25.2 Å². The summed E-state index contributed by atoms with van der Waals surface area (Å²) >= 11 is 12.3. The second-order valence-corrected chi connectivity index (χ2v) is 14.0. The van der Waals surface area contributed by atoms with Crippen LogP contribution in [0.3, 0.4) is 0 Å². The molecule has 4 N–H and O–H groups in total. The maximum Gasteiger partial charge on any atom is 0.248 e. The third-order valence-corrected chi connectivity index (χ3v) is 9.38. The summed E-state index contributed by atoms with van der Waals surface area (Å²) in [4.78, 5) is 60.0. The molecule has 13 nitrogen and oxygen atoms in total. The number of carbonyl (C=O) groups excluding carboxylic acids is 4. The summed E-state index contributed by atoms with van der Waals surface area (Å²) in [5.74, 6) is -1.03. The van der Waals surface area contributed by atoms with Crippen LogP contribution < -0.4 is 21.3 Å². The van der Waals surface area contributed by atoms with Crippen molar-refractivity contribution in [1.82, 2.24) is 30.8 Å². The summed E-state index contributed by atoms with van der Waals surface area (Å²) in [5, 5.41) is 23.3. The van der Waals surface area contributed by atoms with Crippen LogP contribution in [0.4, 0.5) is 11.4 Å². The van der Waals surface area contributed by atoms with Crippen LogP contribution in [0.25, 0.3) is 44.5 Å². The quantitative estimate of drug-likeness (QED) is 0.0931. The molecule has 3 aromatic heterocycles. The molecule has 0 saturated heterocycles. The number of nitrogens with zero attached hydrogens (tertiary/aromatic N) is 4. The van der Waals surface area contributed by atoms with Gasteiger partial charge in [-0.2, -0.15) is 0 Å². The number of amides is 4. The van der Waals surface area contributed by atoms with Gasteiger partial charge in [-0.15, -0.1) is 10.2 Å². The van der Waals surface area contributed by atoms with Crippen LogP contribution in [0.15, 0.2) is 114 Å². The molecule has 0 unspecified atom stereocenters. The molecule has 0 aliphatic carbocycles. The summed E-state index contributed by atoms with van der Waals surface area (Å²) < 4.78 is 5.91. The SMILES string of the molecule is C[C@H](NC(=O)Cc1nc(Cl)cc2ccccc12)C(=O)Nc1ccc(-c2nnc(-c3ccc(NC(=O)[C@H](C)NC(=O)Cc4nc(Cl)cc5ccccc45)cc3)o2)cc1. The van der Waals surface area contributed by atoms with Gasteiger partial charge < -0.3 is 25.7 Å². The molecule has 15 heteroatoms. The van der Waals surface area contributed by atoms with Gasteiger partial charge in [0, 0.05) is 33.3 Å². The number of anilines is 2. The summed E-state index contributed by atoms with van der Waals surface area (Å²) in [6.07, 6.45) is -0.0756. The molecule has 286 valence electrons. The fraction of sp³-hybridized carbons (Fsp3) is 0.143. The Labute approximate surface area is 336 Å². The van der Waals surface area contributed by atoms with Crippen LogP contribution in [0.5, 0.6) is 0 Å². The van der Waals surface area contributed by atoms with Crippen LogP contribution in [-0.2, 0) is 32.0 Å². The average Bonchev–Trinajstić information content (AvgIpc) is 3.69. The second-order valence-electron chi connectivity index (χ2n) is 13.2. The minimum absolute atomic E-state index is 0.0378. The Morgan fingerprint density at radius 2 is 0.965 bits per heavy atom. The van der Waals surface area contributed by atoms with Crippen molar-refractivity contribution in [1.29, 1.82) is 0 Å². The van der Waals surface area contributed by atoms with E-state index in [1.54, 1.807) is 74.5 Å². The van der Waals surface area contributed by atoms with Crippen LogP contribution in [0.2, 0.25) is 10.3 Å². The summed E-state index contributed by atoms with van der Waals surface area (Å²) in [5.41, 5.74) is 3.30. The maximum absolute atomic E-state index is 12.9. The predicted molar refractivity (Wildman–Crippen MR) is 219 cm³/mol. The fourth-order valence-electron chi connectivity index (χ4n) is 6.11. The first kappa shape index (κ1) is 38.6. The van der Waals surface area contributed by atoms with E-state index in [4.69, 9.17) is 27.6 Å². The monoisotopic (exact) mass is 800 g/mol. The number of hydrogen-bond acceptors (Lipinski definition) is 9. The van der Waals surface area contributed by atoms with Crippen molar-refractivity contribution >= 4 is 79.8 Å². The molecule has 3 heterocycles. The van der Waals surface area contributed by atoms with Crippen molar-refractivity contribution in [2.75, 3.05) is 10.6 Å². The van der Waals surface area contributed by atoms with Gasteiger partial charge in [-0.25, -0.2) is 9.97 Å². The maximum atomic E-state index is 12.9. The lowest BCUT2D eigenvalue weighted by Crippen LogP contribution is -2.42. The van der Waals surface area contributed by atoms with E-state index in [2.05, 4.69) is 41.4 Å². The summed E-state index contributed by atoms with van der Waals surface area (Å²) in [6.45, 7) is 3.19. The molecule has 7 rings (SSSR count). The van der Waals surface area contributed by atoms with Gasteiger partial charge >= 0.3 is 0 Å². The fourth-order valence-corrected chi connectivity index (χ4v) is 6.55.